The summed E-state index contributed by atoms with van der Waals surface area (Å²) >= 11 is 0. The smallest absolute Gasteiger partial charge is 0.410 e. The van der Waals surface area contributed by atoms with Crippen LogP contribution in [-0.4, -0.2) is 103 Å². The zero-order chi connectivity index (χ0) is 18.2. The fourth-order valence-corrected chi connectivity index (χ4v) is 3.50. The molecule has 2 heterocycles. The van der Waals surface area contributed by atoms with Gasteiger partial charge in [-0.3, -0.25) is 9.80 Å². The van der Waals surface area contributed by atoms with Crippen LogP contribution in [0.1, 0.15) is 33.6 Å². The second kappa shape index (κ2) is 10.3. The maximum absolute atomic E-state index is 12.2. The number of β-amino-alcohol motifs (C(OH)–C–C–N with tert-alkyl or cyclic N) is 1. The highest BCUT2D eigenvalue weighted by molar-refractivity contribution is 5.68. The molecule has 0 aromatic heterocycles. The van der Waals surface area contributed by atoms with E-state index in [0.717, 1.165) is 45.7 Å². The summed E-state index contributed by atoms with van der Waals surface area (Å²) in [6, 6.07) is 0.315. The topological polar surface area (TPSA) is 65.5 Å². The Bertz CT molecular complexity index is 404. The van der Waals surface area contributed by atoms with Crippen molar-refractivity contribution < 1.29 is 19.4 Å². The lowest BCUT2D eigenvalue weighted by Gasteiger charge is -2.44. The molecule has 0 bridgehead atoms. The molecule has 25 heavy (non-hydrogen) atoms. The van der Waals surface area contributed by atoms with E-state index in [9.17, 15) is 9.90 Å². The van der Waals surface area contributed by atoms with Crippen LogP contribution in [0.25, 0.3) is 0 Å². The molecule has 0 radical (unpaired) electrons. The van der Waals surface area contributed by atoms with Crippen LogP contribution < -0.4 is 0 Å². The highest BCUT2D eigenvalue weighted by Gasteiger charge is 2.33. The van der Waals surface area contributed by atoms with E-state index in [1.165, 1.54) is 0 Å². The van der Waals surface area contributed by atoms with Crippen molar-refractivity contribution in [2.24, 2.45) is 0 Å². The molecule has 2 fully saturated rings. The Morgan fingerprint density at radius 1 is 1.20 bits per heavy atom. The van der Waals surface area contributed by atoms with Gasteiger partial charge in [-0.2, -0.15) is 0 Å². The molecule has 0 spiro atoms. The average molecular weight is 357 g/mol. The third-order valence-corrected chi connectivity index (χ3v) is 5.09. The largest absolute Gasteiger partial charge is 0.449 e. The van der Waals surface area contributed by atoms with Gasteiger partial charge in [0.25, 0.3) is 0 Å². The van der Waals surface area contributed by atoms with Crippen LogP contribution in [-0.2, 0) is 9.47 Å². The van der Waals surface area contributed by atoms with Gasteiger partial charge in [-0.25, -0.2) is 4.79 Å². The summed E-state index contributed by atoms with van der Waals surface area (Å²) in [7, 11) is 0. The van der Waals surface area contributed by atoms with E-state index in [0.29, 0.717) is 26.2 Å². The van der Waals surface area contributed by atoms with Crippen molar-refractivity contribution in [2.45, 2.75) is 51.8 Å². The van der Waals surface area contributed by atoms with E-state index >= 15 is 0 Å². The zero-order valence-corrected chi connectivity index (χ0v) is 16.0. The van der Waals surface area contributed by atoms with Gasteiger partial charge in [-0.15, -0.1) is 0 Å². The maximum Gasteiger partial charge on any atom is 0.410 e. The first kappa shape index (κ1) is 20.4. The van der Waals surface area contributed by atoms with Crippen LogP contribution >= 0.6 is 0 Å². The van der Waals surface area contributed by atoms with Crippen LogP contribution in [0, 0.1) is 0 Å². The van der Waals surface area contributed by atoms with Gasteiger partial charge in [0, 0.05) is 51.4 Å². The SMILES string of the molecule is CCCCOC(=O)N1C[C@H](C)N(C[C@H](O)CN2CCOCC2)C[C@@H]1C. The first-order valence-corrected chi connectivity index (χ1v) is 9.66. The lowest BCUT2D eigenvalue weighted by atomic mass is 10.1. The molecule has 7 heteroatoms. The number of hydrogen-bond acceptors (Lipinski definition) is 6. The normalized spacial score (nSPS) is 27.3. The summed E-state index contributed by atoms with van der Waals surface area (Å²) in [6.45, 7) is 12.8. The molecule has 0 aliphatic carbocycles. The summed E-state index contributed by atoms with van der Waals surface area (Å²) in [4.78, 5) is 18.6. The monoisotopic (exact) mass is 357 g/mol. The predicted molar refractivity (Wildman–Crippen MR) is 96.7 cm³/mol. The number of carbonyl (C=O) groups is 1. The van der Waals surface area contributed by atoms with Gasteiger partial charge < -0.3 is 19.5 Å². The Hall–Kier alpha value is -0.890. The van der Waals surface area contributed by atoms with E-state index in [1.54, 1.807) is 0 Å². The molecule has 7 nitrogen and oxygen atoms in total. The summed E-state index contributed by atoms with van der Waals surface area (Å²) < 4.78 is 10.7. The molecule has 2 aliphatic rings. The summed E-state index contributed by atoms with van der Waals surface area (Å²) in [5.41, 5.74) is 0. The van der Waals surface area contributed by atoms with Crippen molar-refractivity contribution in [2.75, 3.05) is 59.1 Å². The highest BCUT2D eigenvalue weighted by atomic mass is 16.6. The van der Waals surface area contributed by atoms with Crippen LogP contribution in [0.4, 0.5) is 4.79 Å². The second-order valence-corrected chi connectivity index (χ2v) is 7.34. The molecule has 0 aromatic carbocycles. The van der Waals surface area contributed by atoms with Gasteiger partial charge in [-0.1, -0.05) is 13.3 Å². The molecule has 2 aliphatic heterocycles. The van der Waals surface area contributed by atoms with Crippen LogP contribution in [0.2, 0.25) is 0 Å². The van der Waals surface area contributed by atoms with E-state index in [2.05, 4.69) is 23.6 Å². The number of ether oxygens (including phenoxy) is 2. The van der Waals surface area contributed by atoms with E-state index in [1.807, 2.05) is 11.8 Å². The number of rotatable bonds is 7. The summed E-state index contributed by atoms with van der Waals surface area (Å²) in [5.74, 6) is 0. The first-order chi connectivity index (χ1) is 12.0. The molecule has 0 unspecified atom stereocenters. The Balaban J connectivity index is 1.77. The number of morpholine rings is 1. The van der Waals surface area contributed by atoms with Crippen molar-refractivity contribution in [1.82, 2.24) is 14.7 Å². The number of aliphatic hydroxyl groups excluding tert-OH is 1. The number of piperazine rings is 1. The first-order valence-electron chi connectivity index (χ1n) is 9.66. The molecule has 146 valence electrons. The van der Waals surface area contributed by atoms with Crippen molar-refractivity contribution in [3.8, 4) is 0 Å². The van der Waals surface area contributed by atoms with Crippen molar-refractivity contribution in [3.63, 3.8) is 0 Å². The molecular weight excluding hydrogens is 322 g/mol. The fraction of sp³-hybridized carbons (Fsp3) is 0.944. The lowest BCUT2D eigenvalue weighted by molar-refractivity contribution is -0.0149. The predicted octanol–water partition coefficient (Wildman–Crippen LogP) is 1.01. The molecular formula is C18H35N3O4. The molecule has 3 atom stereocenters. The maximum atomic E-state index is 12.2. The van der Waals surface area contributed by atoms with Gasteiger partial charge in [0.2, 0.25) is 0 Å². The minimum atomic E-state index is -0.379. The third-order valence-electron chi connectivity index (χ3n) is 5.09. The van der Waals surface area contributed by atoms with E-state index in [-0.39, 0.29) is 24.3 Å². The van der Waals surface area contributed by atoms with Crippen LogP contribution in [0.15, 0.2) is 0 Å². The molecule has 1 amide bonds. The quantitative estimate of drug-likeness (QED) is 0.686. The van der Waals surface area contributed by atoms with E-state index < -0.39 is 0 Å². The number of nitrogens with zero attached hydrogens (tertiary/aromatic N) is 3. The van der Waals surface area contributed by atoms with Gasteiger partial charge in [0.1, 0.15) is 0 Å². The Kier molecular flexibility index (Phi) is 8.42. The third kappa shape index (κ3) is 6.40. The van der Waals surface area contributed by atoms with Gasteiger partial charge in [0.05, 0.1) is 25.9 Å². The number of aliphatic hydroxyl groups is 1. The van der Waals surface area contributed by atoms with Crippen LogP contribution in [0.5, 0.6) is 0 Å². The molecule has 2 rings (SSSR count). The number of carbonyl (C=O) groups excluding carboxylic acids is 1. The van der Waals surface area contributed by atoms with Crippen molar-refractivity contribution in [3.05, 3.63) is 0 Å². The van der Waals surface area contributed by atoms with E-state index in [4.69, 9.17) is 9.47 Å². The Morgan fingerprint density at radius 3 is 2.60 bits per heavy atom. The Labute approximate surface area is 151 Å². The lowest BCUT2D eigenvalue weighted by Crippen LogP contribution is -2.59. The minimum absolute atomic E-state index is 0.0981. The number of hydrogen-bond donors (Lipinski definition) is 1. The Morgan fingerprint density at radius 2 is 1.92 bits per heavy atom. The minimum Gasteiger partial charge on any atom is -0.449 e. The van der Waals surface area contributed by atoms with Crippen molar-refractivity contribution in [1.29, 1.82) is 0 Å². The standard InChI is InChI=1S/C18H35N3O4/c1-4-5-8-25-18(23)21-12-15(2)20(11-16(21)3)14-17(22)13-19-6-9-24-10-7-19/h15-17,22H,4-14H2,1-3H3/t15-,16-,17+/m0/s1. The highest BCUT2D eigenvalue weighted by Crippen LogP contribution is 2.17. The van der Waals surface area contributed by atoms with Gasteiger partial charge >= 0.3 is 6.09 Å². The molecule has 2 saturated heterocycles. The fourth-order valence-electron chi connectivity index (χ4n) is 3.50. The molecule has 0 aromatic rings. The molecule has 1 N–H and O–H groups in total. The summed E-state index contributed by atoms with van der Waals surface area (Å²) in [6.07, 6.45) is 1.34. The summed E-state index contributed by atoms with van der Waals surface area (Å²) in [5, 5.41) is 10.4. The molecule has 0 saturated carbocycles. The average Bonchev–Trinajstić information content (AvgIpc) is 2.58. The van der Waals surface area contributed by atoms with Gasteiger partial charge in [-0.05, 0) is 20.3 Å². The van der Waals surface area contributed by atoms with Gasteiger partial charge in [0.15, 0.2) is 0 Å². The zero-order valence-electron chi connectivity index (χ0n) is 16.0. The number of unbranched alkanes of at least 4 members (excludes halogenated alkanes) is 1. The van der Waals surface area contributed by atoms with Crippen LogP contribution in [0.3, 0.4) is 0 Å². The van der Waals surface area contributed by atoms with Crippen molar-refractivity contribution >= 4 is 6.09 Å². The number of amides is 1. The second-order valence-electron chi connectivity index (χ2n) is 7.34.